The molecule has 1 saturated carbocycles. The highest BCUT2D eigenvalue weighted by Crippen LogP contribution is 2.29. The quantitative estimate of drug-likeness (QED) is 0.585. The van der Waals surface area contributed by atoms with Crippen LogP contribution in [0.1, 0.15) is 49.1 Å². The van der Waals surface area contributed by atoms with E-state index in [2.05, 4.69) is 20.2 Å². The first-order valence-corrected chi connectivity index (χ1v) is 13.6. The van der Waals surface area contributed by atoms with Crippen LogP contribution < -0.4 is 10.0 Å². The fourth-order valence-electron chi connectivity index (χ4n) is 4.36. The molecular weight excluding hydrogens is 462 g/mol. The summed E-state index contributed by atoms with van der Waals surface area (Å²) in [7, 11) is -3.59. The topological polar surface area (TPSA) is 121 Å². The molecule has 0 bridgehead atoms. The van der Waals surface area contributed by atoms with E-state index in [-0.39, 0.29) is 41.6 Å². The molecule has 1 aromatic carbocycles. The van der Waals surface area contributed by atoms with Gasteiger partial charge in [-0.05, 0) is 31.9 Å². The summed E-state index contributed by atoms with van der Waals surface area (Å²) >= 11 is 1.21. The lowest BCUT2D eigenvalue weighted by Gasteiger charge is -2.31. The van der Waals surface area contributed by atoms with Crippen molar-refractivity contribution in [3.63, 3.8) is 0 Å². The number of benzene rings is 1. The first-order valence-electron chi connectivity index (χ1n) is 11.3. The van der Waals surface area contributed by atoms with Gasteiger partial charge in [0.2, 0.25) is 27.0 Å². The summed E-state index contributed by atoms with van der Waals surface area (Å²) < 4.78 is 27.3. The Morgan fingerprint density at radius 1 is 1.15 bits per heavy atom. The number of aryl methyl sites for hydroxylation is 1. The summed E-state index contributed by atoms with van der Waals surface area (Å²) in [5.41, 5.74) is 0.987. The Morgan fingerprint density at radius 3 is 2.61 bits per heavy atom. The lowest BCUT2D eigenvalue weighted by Crippen LogP contribution is -2.38. The minimum absolute atomic E-state index is 0.0564. The number of hydrogen-bond donors (Lipinski definition) is 2. The fraction of sp³-hybridized carbons (Fsp3) is 0.545. The third kappa shape index (κ3) is 5.96. The molecule has 2 N–H and O–H groups in total. The van der Waals surface area contributed by atoms with E-state index < -0.39 is 10.0 Å². The molecule has 1 saturated heterocycles. The number of carbonyl (C=O) groups excluding carboxylic acids is 2. The number of anilines is 1. The maximum absolute atomic E-state index is 12.7. The monoisotopic (exact) mass is 491 g/mol. The Bertz CT molecular complexity index is 1090. The van der Waals surface area contributed by atoms with Gasteiger partial charge in [-0.15, -0.1) is 10.2 Å². The van der Waals surface area contributed by atoms with Crippen molar-refractivity contribution >= 4 is 38.3 Å². The Morgan fingerprint density at radius 2 is 1.88 bits per heavy atom. The summed E-state index contributed by atoms with van der Waals surface area (Å²) in [6, 6.07) is 6.90. The van der Waals surface area contributed by atoms with Gasteiger partial charge in [0, 0.05) is 32.0 Å². The molecule has 11 heteroatoms. The molecule has 1 aliphatic carbocycles. The zero-order valence-corrected chi connectivity index (χ0v) is 20.3. The number of hydrogen-bond acceptors (Lipinski definition) is 7. The van der Waals surface area contributed by atoms with Crippen LogP contribution in [0.15, 0.2) is 29.2 Å². The van der Waals surface area contributed by atoms with Gasteiger partial charge in [0.1, 0.15) is 5.01 Å². The van der Waals surface area contributed by atoms with Gasteiger partial charge in [-0.25, -0.2) is 13.1 Å². The van der Waals surface area contributed by atoms with E-state index >= 15 is 0 Å². The number of aromatic nitrogens is 2. The molecule has 2 aliphatic rings. The highest BCUT2D eigenvalue weighted by Gasteiger charge is 2.38. The fourth-order valence-corrected chi connectivity index (χ4v) is 6.13. The van der Waals surface area contributed by atoms with E-state index in [9.17, 15) is 18.0 Å². The van der Waals surface area contributed by atoms with Crippen molar-refractivity contribution in [2.75, 3.05) is 18.4 Å². The molecule has 2 amide bonds. The zero-order chi connectivity index (χ0) is 23.4. The van der Waals surface area contributed by atoms with Gasteiger partial charge in [-0.1, -0.05) is 48.3 Å². The molecule has 0 radical (unpaired) electrons. The summed E-state index contributed by atoms with van der Waals surface area (Å²) in [6.45, 7) is 2.53. The normalized spacial score (nSPS) is 19.7. The first kappa shape index (κ1) is 23.8. The molecule has 9 nitrogen and oxygen atoms in total. The predicted molar refractivity (Wildman–Crippen MR) is 125 cm³/mol. The van der Waals surface area contributed by atoms with Gasteiger partial charge in [-0.2, -0.15) is 0 Å². The second-order valence-electron chi connectivity index (χ2n) is 8.69. The lowest BCUT2D eigenvalue weighted by molar-refractivity contribution is -0.130. The minimum atomic E-state index is -3.59. The van der Waals surface area contributed by atoms with E-state index in [1.807, 2.05) is 11.8 Å². The van der Waals surface area contributed by atoms with E-state index in [0.717, 1.165) is 31.2 Å². The highest BCUT2D eigenvalue weighted by molar-refractivity contribution is 7.89. The molecule has 33 heavy (non-hydrogen) atoms. The van der Waals surface area contributed by atoms with E-state index in [4.69, 9.17) is 0 Å². The Labute approximate surface area is 198 Å². The predicted octanol–water partition coefficient (Wildman–Crippen LogP) is 2.49. The molecule has 1 unspecified atom stereocenters. The van der Waals surface area contributed by atoms with Crippen LogP contribution >= 0.6 is 11.3 Å². The number of sulfonamides is 1. The lowest BCUT2D eigenvalue weighted by atomic mass is 9.94. The molecule has 2 fully saturated rings. The first-order chi connectivity index (χ1) is 15.8. The van der Waals surface area contributed by atoms with Gasteiger partial charge in [-0.3, -0.25) is 9.59 Å². The van der Waals surface area contributed by atoms with E-state index in [1.54, 1.807) is 24.3 Å². The minimum Gasteiger partial charge on any atom is -0.339 e. The number of carbonyl (C=O) groups is 2. The maximum Gasteiger partial charge on any atom is 0.240 e. The largest absolute Gasteiger partial charge is 0.339 e. The van der Waals surface area contributed by atoms with Crippen molar-refractivity contribution in [3.8, 4) is 0 Å². The molecule has 1 aliphatic heterocycles. The number of nitrogens with one attached hydrogen (secondary N) is 2. The average molecular weight is 492 g/mol. The van der Waals surface area contributed by atoms with Crippen molar-refractivity contribution in [2.24, 2.45) is 5.92 Å². The molecule has 0 spiro atoms. The van der Waals surface area contributed by atoms with Crippen LogP contribution in [-0.2, 0) is 26.0 Å². The van der Waals surface area contributed by atoms with Crippen molar-refractivity contribution < 1.29 is 18.0 Å². The summed E-state index contributed by atoms with van der Waals surface area (Å²) in [6.07, 6.45) is 6.13. The van der Waals surface area contributed by atoms with Crippen molar-refractivity contribution in [3.05, 3.63) is 34.8 Å². The Balaban J connectivity index is 1.26. The smallest absolute Gasteiger partial charge is 0.240 e. The standard InChI is InChI=1S/C22H29N5O4S2/c1-15-7-9-18(10-8-15)33(30,31)23-12-11-19-25-26-22(32-19)24-21(29)16-13-20(28)27(14-16)17-5-3-2-4-6-17/h7-10,16-17,23H,2-6,11-14H2,1H3,(H,24,26,29). The second kappa shape index (κ2) is 10.3. The summed E-state index contributed by atoms with van der Waals surface area (Å²) in [5, 5.41) is 11.8. The van der Waals surface area contributed by atoms with Crippen molar-refractivity contribution in [2.45, 2.75) is 62.8 Å². The third-order valence-electron chi connectivity index (χ3n) is 6.20. The van der Waals surface area contributed by atoms with Crippen molar-refractivity contribution in [1.29, 1.82) is 0 Å². The van der Waals surface area contributed by atoms with E-state index in [1.165, 1.54) is 17.8 Å². The van der Waals surface area contributed by atoms with E-state index in [0.29, 0.717) is 23.1 Å². The molecule has 1 atom stereocenters. The molecule has 2 aromatic rings. The van der Waals surface area contributed by atoms with Crippen molar-refractivity contribution in [1.82, 2.24) is 19.8 Å². The molecule has 2 heterocycles. The Kier molecular flexibility index (Phi) is 7.40. The van der Waals surface area contributed by atoms with Gasteiger partial charge in [0.15, 0.2) is 0 Å². The average Bonchev–Trinajstić information content (AvgIpc) is 3.41. The number of nitrogens with zero attached hydrogens (tertiary/aromatic N) is 3. The van der Waals surface area contributed by atoms with Crippen LogP contribution in [0, 0.1) is 12.8 Å². The van der Waals surface area contributed by atoms with Gasteiger partial charge in [0.25, 0.3) is 0 Å². The van der Waals surface area contributed by atoms with Crippen LogP contribution in [0.4, 0.5) is 5.13 Å². The SMILES string of the molecule is Cc1ccc(S(=O)(=O)NCCc2nnc(NC(=O)C3CC(=O)N(C4CCCCC4)C3)s2)cc1. The summed E-state index contributed by atoms with van der Waals surface area (Å²) in [5.74, 6) is -0.543. The number of amides is 2. The van der Waals surface area contributed by atoms with Crippen LogP contribution in [0.3, 0.4) is 0 Å². The second-order valence-corrected chi connectivity index (χ2v) is 11.5. The van der Waals surface area contributed by atoms with Crippen LogP contribution in [-0.4, -0.2) is 54.5 Å². The summed E-state index contributed by atoms with van der Waals surface area (Å²) in [4.78, 5) is 27.2. The zero-order valence-electron chi connectivity index (χ0n) is 18.6. The highest BCUT2D eigenvalue weighted by atomic mass is 32.2. The molecule has 4 rings (SSSR count). The van der Waals surface area contributed by atoms with Crippen LogP contribution in [0.25, 0.3) is 0 Å². The number of likely N-dealkylation sites (tertiary alicyclic amines) is 1. The third-order valence-corrected chi connectivity index (χ3v) is 8.58. The Hall–Kier alpha value is -2.37. The maximum atomic E-state index is 12.7. The molecule has 1 aromatic heterocycles. The van der Waals surface area contributed by atoms with Gasteiger partial charge < -0.3 is 10.2 Å². The van der Waals surface area contributed by atoms with Gasteiger partial charge >= 0.3 is 0 Å². The number of rotatable bonds is 8. The van der Waals surface area contributed by atoms with Gasteiger partial charge in [0.05, 0.1) is 10.8 Å². The van der Waals surface area contributed by atoms with Crippen LogP contribution in [0.2, 0.25) is 0 Å². The molecular formula is C22H29N5O4S2. The molecule has 178 valence electrons. The van der Waals surface area contributed by atoms with Crippen LogP contribution in [0.5, 0.6) is 0 Å².